The van der Waals surface area contributed by atoms with Gasteiger partial charge in [-0.05, 0) is 30.5 Å². The summed E-state index contributed by atoms with van der Waals surface area (Å²) >= 11 is 0. The molecule has 36 heavy (non-hydrogen) atoms. The zero-order valence-corrected chi connectivity index (χ0v) is 20.6. The lowest BCUT2D eigenvalue weighted by Gasteiger charge is -2.51. The Balaban J connectivity index is 1.54. The molecule has 0 saturated carbocycles. The monoisotopic (exact) mass is 493 g/mol. The van der Waals surface area contributed by atoms with E-state index in [4.69, 9.17) is 4.74 Å². The zero-order chi connectivity index (χ0) is 25.6. The average Bonchev–Trinajstić information content (AvgIpc) is 2.91. The van der Waals surface area contributed by atoms with E-state index in [0.717, 1.165) is 18.4 Å². The van der Waals surface area contributed by atoms with Crippen LogP contribution >= 0.6 is 0 Å². The summed E-state index contributed by atoms with van der Waals surface area (Å²) < 4.78 is 33.8. The van der Waals surface area contributed by atoms with Gasteiger partial charge in [-0.1, -0.05) is 38.1 Å². The van der Waals surface area contributed by atoms with Crippen LogP contribution in [0.25, 0.3) is 11.0 Å². The van der Waals surface area contributed by atoms with Gasteiger partial charge in [0.25, 0.3) is 12.0 Å². The van der Waals surface area contributed by atoms with Gasteiger partial charge in [0.15, 0.2) is 0 Å². The number of halogens is 2. The Labute approximate surface area is 208 Å². The van der Waals surface area contributed by atoms with Gasteiger partial charge in [0, 0.05) is 37.8 Å². The molecule has 0 spiro atoms. The first-order valence-corrected chi connectivity index (χ1v) is 12.3. The molecule has 1 saturated heterocycles. The van der Waals surface area contributed by atoms with Gasteiger partial charge in [-0.25, -0.2) is 13.8 Å². The number of hydrogen-bond donors (Lipinski definition) is 0. The number of pyridine rings is 2. The molecule has 3 aromatic rings. The average molecular weight is 494 g/mol. The molecule has 0 N–H and O–H groups in total. The van der Waals surface area contributed by atoms with E-state index in [1.54, 1.807) is 19.2 Å². The Morgan fingerprint density at radius 2 is 1.86 bits per heavy atom. The van der Waals surface area contributed by atoms with Gasteiger partial charge in [0.05, 0.1) is 11.6 Å². The topological polar surface area (TPSA) is 74.4 Å². The number of ether oxygens (including phenoxy) is 1. The first-order chi connectivity index (χ1) is 17.4. The van der Waals surface area contributed by atoms with Crippen LogP contribution in [-0.2, 0) is 7.05 Å². The lowest BCUT2D eigenvalue weighted by atomic mass is 9.94. The predicted molar refractivity (Wildman–Crippen MR) is 134 cm³/mol. The Kier molecular flexibility index (Phi) is 6.39. The normalized spacial score (nSPS) is 20.5. The third-order valence-corrected chi connectivity index (χ3v) is 7.57. The molecule has 0 radical (unpaired) electrons. The molecule has 2 aliphatic heterocycles. The largest absolute Gasteiger partial charge is 0.484 e. The minimum absolute atomic E-state index is 0.0162. The van der Waals surface area contributed by atoms with Crippen molar-refractivity contribution in [3.63, 3.8) is 0 Å². The maximum Gasteiger partial charge on any atom is 0.295 e. The van der Waals surface area contributed by atoms with Crippen LogP contribution in [0.2, 0.25) is 0 Å². The molecule has 4 heterocycles. The van der Waals surface area contributed by atoms with Crippen LogP contribution in [0.15, 0.2) is 41.2 Å². The summed E-state index contributed by atoms with van der Waals surface area (Å²) in [6.07, 6.45) is -0.765. The van der Waals surface area contributed by atoms with Crippen LogP contribution in [0.5, 0.6) is 5.75 Å². The van der Waals surface area contributed by atoms with E-state index >= 15 is 0 Å². The summed E-state index contributed by atoms with van der Waals surface area (Å²) in [6.45, 7) is 5.98. The SMILES string of the molecule is CC[C@@H]1CN2c3c(c(=O)n(C)c4ccc(C#N)nc34)OC[C@@H]2CN1[C@@H](CC)c1ccc(C(F)F)cc1. The fourth-order valence-corrected chi connectivity index (χ4v) is 5.66. The maximum absolute atomic E-state index is 13.1. The molecule has 7 nitrogen and oxygen atoms in total. The number of hydrogen-bond acceptors (Lipinski definition) is 6. The van der Waals surface area contributed by atoms with Crippen LogP contribution in [0.1, 0.15) is 56.0 Å². The van der Waals surface area contributed by atoms with Crippen LogP contribution in [0, 0.1) is 11.3 Å². The second-order valence-electron chi connectivity index (χ2n) is 9.49. The number of piperazine rings is 1. The summed E-state index contributed by atoms with van der Waals surface area (Å²) in [4.78, 5) is 22.4. The summed E-state index contributed by atoms with van der Waals surface area (Å²) in [5.41, 5.74) is 3.02. The summed E-state index contributed by atoms with van der Waals surface area (Å²) in [5.74, 6) is 0.279. The van der Waals surface area contributed by atoms with Gasteiger partial charge in [0.1, 0.15) is 29.6 Å². The number of alkyl halides is 2. The van der Waals surface area contributed by atoms with Gasteiger partial charge < -0.3 is 14.2 Å². The van der Waals surface area contributed by atoms with Gasteiger partial charge in [-0.15, -0.1) is 0 Å². The van der Waals surface area contributed by atoms with E-state index in [1.165, 1.54) is 16.7 Å². The Morgan fingerprint density at radius 1 is 1.14 bits per heavy atom. The molecule has 9 heteroatoms. The Bertz CT molecular complexity index is 1380. The number of benzene rings is 1. The predicted octanol–water partition coefficient (Wildman–Crippen LogP) is 4.56. The molecule has 2 aromatic heterocycles. The number of anilines is 1. The third kappa shape index (κ3) is 3.90. The quantitative estimate of drug-likeness (QED) is 0.519. The van der Waals surface area contributed by atoms with E-state index in [9.17, 15) is 18.8 Å². The molecule has 0 bridgehead atoms. The summed E-state index contributed by atoms with van der Waals surface area (Å²) in [6, 6.07) is 12.4. The molecular weight excluding hydrogens is 464 g/mol. The number of fused-ring (bicyclic) bond motifs is 5. The highest BCUT2D eigenvalue weighted by molar-refractivity contribution is 5.93. The number of aromatic nitrogens is 2. The fourth-order valence-electron chi connectivity index (χ4n) is 5.66. The third-order valence-electron chi connectivity index (χ3n) is 7.57. The number of aryl methyl sites for hydroxylation is 1. The number of nitriles is 1. The molecule has 5 rings (SSSR count). The van der Waals surface area contributed by atoms with Crippen molar-refractivity contribution in [3.8, 4) is 11.8 Å². The van der Waals surface area contributed by atoms with Crippen molar-refractivity contribution in [2.45, 2.75) is 51.2 Å². The van der Waals surface area contributed by atoms with Crippen molar-refractivity contribution in [3.05, 3.63) is 63.6 Å². The fraction of sp³-hybridized carbons (Fsp3) is 0.444. The first kappa shape index (κ1) is 24.2. The second-order valence-corrected chi connectivity index (χ2v) is 9.49. The van der Waals surface area contributed by atoms with E-state index in [0.29, 0.717) is 36.4 Å². The zero-order valence-electron chi connectivity index (χ0n) is 20.6. The highest BCUT2D eigenvalue weighted by Gasteiger charge is 2.42. The second kappa shape index (κ2) is 9.51. The molecule has 1 aromatic carbocycles. The highest BCUT2D eigenvalue weighted by atomic mass is 19.3. The Hall–Kier alpha value is -3.51. The standard InChI is InChI=1S/C27H29F2N5O2/c1-4-19-13-34-20(14-33(19)21(5-2)16-6-8-17(9-7-16)26(28)29)15-36-25-24(34)23-22(32(3)27(25)35)11-10-18(12-30)31-23/h6-11,19-21,26H,4-5,13-15H2,1-3H3/t19-,20+,21+/m1/s1. The van der Waals surface area contributed by atoms with E-state index in [2.05, 4.69) is 34.7 Å². The summed E-state index contributed by atoms with van der Waals surface area (Å²) in [7, 11) is 1.69. The minimum Gasteiger partial charge on any atom is -0.484 e. The van der Waals surface area contributed by atoms with Crippen molar-refractivity contribution in [1.82, 2.24) is 14.5 Å². The molecule has 0 amide bonds. The van der Waals surface area contributed by atoms with Gasteiger partial charge in [-0.3, -0.25) is 9.69 Å². The first-order valence-electron chi connectivity index (χ1n) is 12.3. The maximum atomic E-state index is 13.1. The molecule has 1 fully saturated rings. The van der Waals surface area contributed by atoms with E-state index in [-0.39, 0.29) is 40.7 Å². The van der Waals surface area contributed by atoms with Crippen molar-refractivity contribution in [2.75, 3.05) is 24.6 Å². The van der Waals surface area contributed by atoms with Crippen molar-refractivity contribution < 1.29 is 13.5 Å². The molecule has 3 atom stereocenters. The smallest absolute Gasteiger partial charge is 0.295 e. The molecule has 2 aliphatic rings. The lowest BCUT2D eigenvalue weighted by Crippen LogP contribution is -2.62. The molecule has 0 aliphatic carbocycles. The van der Waals surface area contributed by atoms with Crippen LogP contribution in [0.3, 0.4) is 0 Å². The molecular formula is C27H29F2N5O2. The molecule has 0 unspecified atom stereocenters. The van der Waals surface area contributed by atoms with E-state index in [1.807, 2.05) is 12.1 Å². The summed E-state index contributed by atoms with van der Waals surface area (Å²) in [5, 5.41) is 9.44. The van der Waals surface area contributed by atoms with Gasteiger partial charge >= 0.3 is 0 Å². The lowest BCUT2D eigenvalue weighted by molar-refractivity contribution is 0.0719. The van der Waals surface area contributed by atoms with Crippen LogP contribution in [-0.4, -0.2) is 46.2 Å². The van der Waals surface area contributed by atoms with Crippen molar-refractivity contribution >= 4 is 16.7 Å². The van der Waals surface area contributed by atoms with Crippen LogP contribution in [0.4, 0.5) is 14.5 Å². The number of rotatable bonds is 5. The minimum atomic E-state index is -2.48. The van der Waals surface area contributed by atoms with Gasteiger partial charge in [-0.2, -0.15) is 5.26 Å². The van der Waals surface area contributed by atoms with Crippen molar-refractivity contribution in [2.24, 2.45) is 7.05 Å². The van der Waals surface area contributed by atoms with Gasteiger partial charge in [0.2, 0.25) is 5.75 Å². The van der Waals surface area contributed by atoms with Crippen LogP contribution < -0.4 is 15.2 Å². The molecule has 188 valence electrons. The van der Waals surface area contributed by atoms with E-state index < -0.39 is 6.43 Å². The number of nitrogens with zero attached hydrogens (tertiary/aromatic N) is 5. The van der Waals surface area contributed by atoms with Crippen molar-refractivity contribution in [1.29, 1.82) is 5.26 Å². The highest BCUT2D eigenvalue weighted by Crippen LogP contribution is 2.41. The Morgan fingerprint density at radius 3 is 2.50 bits per heavy atom.